The first kappa shape index (κ1) is 19.4. The minimum Gasteiger partial charge on any atom is -0.355 e. The molecule has 0 fully saturated rings. The van der Waals surface area contributed by atoms with Gasteiger partial charge in [0.2, 0.25) is 5.91 Å². The quantitative estimate of drug-likeness (QED) is 0.339. The van der Waals surface area contributed by atoms with Crippen LogP contribution in [0.4, 0.5) is 0 Å². The van der Waals surface area contributed by atoms with Crippen molar-refractivity contribution in [2.45, 2.75) is 24.8 Å². The predicted molar refractivity (Wildman–Crippen MR) is 112 cm³/mol. The van der Waals surface area contributed by atoms with Gasteiger partial charge in [0, 0.05) is 35.7 Å². The third-order valence-electron chi connectivity index (χ3n) is 4.07. The molecule has 0 radical (unpaired) electrons. The fourth-order valence-corrected chi connectivity index (χ4v) is 3.64. The number of H-pyrrole nitrogens is 1. The molecule has 0 bridgehead atoms. The van der Waals surface area contributed by atoms with Crippen LogP contribution in [0.15, 0.2) is 59.5 Å². The molecule has 2 N–H and O–H groups in total. The SMILES string of the molecule is Cc1ccc(-c2n[nH]c(=S)n2CCC(=O)NCCSc2ccccc2)cc1. The summed E-state index contributed by atoms with van der Waals surface area (Å²) in [7, 11) is 0. The zero-order valence-corrected chi connectivity index (χ0v) is 16.8. The van der Waals surface area contributed by atoms with Crippen LogP contribution < -0.4 is 5.32 Å². The van der Waals surface area contributed by atoms with Gasteiger partial charge in [-0.25, -0.2) is 0 Å². The van der Waals surface area contributed by atoms with Crippen LogP contribution >= 0.6 is 24.0 Å². The molecule has 3 rings (SSSR count). The van der Waals surface area contributed by atoms with E-state index in [9.17, 15) is 4.79 Å². The zero-order valence-electron chi connectivity index (χ0n) is 15.1. The van der Waals surface area contributed by atoms with E-state index in [0.717, 1.165) is 17.1 Å². The normalized spacial score (nSPS) is 10.7. The Kier molecular flexibility index (Phi) is 6.84. The number of nitrogens with one attached hydrogen (secondary N) is 2. The van der Waals surface area contributed by atoms with Crippen molar-refractivity contribution in [2.24, 2.45) is 0 Å². The Balaban J connectivity index is 1.49. The van der Waals surface area contributed by atoms with Crippen LogP contribution in [0, 0.1) is 11.7 Å². The molecular weight excluding hydrogens is 376 g/mol. The maximum Gasteiger partial charge on any atom is 0.221 e. The van der Waals surface area contributed by atoms with Gasteiger partial charge in [-0.3, -0.25) is 14.5 Å². The number of hydrogen-bond donors (Lipinski definition) is 2. The molecule has 1 heterocycles. The van der Waals surface area contributed by atoms with Gasteiger partial charge in [0.05, 0.1) is 0 Å². The summed E-state index contributed by atoms with van der Waals surface area (Å²) in [5.41, 5.74) is 2.17. The standard InChI is InChI=1S/C20H22N4OS2/c1-15-7-9-16(10-8-15)19-22-23-20(26)24(19)13-11-18(25)21-12-14-27-17-5-3-2-4-6-17/h2-10H,11-14H2,1H3,(H,21,25)(H,23,26). The van der Waals surface area contributed by atoms with Crippen LogP contribution in [0.3, 0.4) is 0 Å². The largest absolute Gasteiger partial charge is 0.355 e. The van der Waals surface area contributed by atoms with Crippen molar-refractivity contribution in [3.8, 4) is 11.4 Å². The van der Waals surface area contributed by atoms with E-state index in [0.29, 0.717) is 24.3 Å². The lowest BCUT2D eigenvalue weighted by atomic mass is 10.1. The summed E-state index contributed by atoms with van der Waals surface area (Å²) < 4.78 is 2.40. The summed E-state index contributed by atoms with van der Waals surface area (Å²) in [4.78, 5) is 13.4. The minimum atomic E-state index is 0.0154. The van der Waals surface area contributed by atoms with Gasteiger partial charge in [0.15, 0.2) is 10.6 Å². The number of carbonyl (C=O) groups is 1. The molecule has 7 heteroatoms. The van der Waals surface area contributed by atoms with Crippen LogP contribution in [0.1, 0.15) is 12.0 Å². The number of nitrogens with zero attached hydrogens (tertiary/aromatic N) is 2. The maximum absolute atomic E-state index is 12.2. The zero-order chi connectivity index (χ0) is 19.1. The Morgan fingerprint density at radius 2 is 1.93 bits per heavy atom. The summed E-state index contributed by atoms with van der Waals surface area (Å²) in [6.45, 7) is 3.18. The van der Waals surface area contributed by atoms with Crippen molar-refractivity contribution in [1.29, 1.82) is 0 Å². The van der Waals surface area contributed by atoms with Crippen molar-refractivity contribution in [2.75, 3.05) is 12.3 Å². The van der Waals surface area contributed by atoms with E-state index >= 15 is 0 Å². The number of hydrogen-bond acceptors (Lipinski definition) is 4. The number of rotatable bonds is 8. The highest BCUT2D eigenvalue weighted by atomic mass is 32.2. The van der Waals surface area contributed by atoms with Crippen molar-refractivity contribution in [1.82, 2.24) is 20.1 Å². The van der Waals surface area contributed by atoms with Crippen LogP contribution in [0.25, 0.3) is 11.4 Å². The molecule has 0 saturated carbocycles. The smallest absolute Gasteiger partial charge is 0.221 e. The molecule has 0 saturated heterocycles. The Morgan fingerprint density at radius 1 is 1.19 bits per heavy atom. The van der Waals surface area contributed by atoms with E-state index in [2.05, 4.69) is 27.6 Å². The van der Waals surface area contributed by atoms with E-state index in [1.54, 1.807) is 11.8 Å². The second-order valence-corrected chi connectivity index (χ2v) is 7.69. The highest BCUT2D eigenvalue weighted by Crippen LogP contribution is 2.18. The lowest BCUT2D eigenvalue weighted by molar-refractivity contribution is -0.121. The van der Waals surface area contributed by atoms with Crippen LogP contribution in [0.2, 0.25) is 0 Å². The van der Waals surface area contributed by atoms with Crippen molar-refractivity contribution in [3.05, 3.63) is 64.9 Å². The molecule has 140 valence electrons. The Hall–Kier alpha value is -2.38. The van der Waals surface area contributed by atoms with Gasteiger partial charge in [-0.1, -0.05) is 48.0 Å². The number of thioether (sulfide) groups is 1. The van der Waals surface area contributed by atoms with E-state index < -0.39 is 0 Å². The highest BCUT2D eigenvalue weighted by molar-refractivity contribution is 7.99. The first-order valence-corrected chi connectivity index (χ1v) is 10.2. The minimum absolute atomic E-state index is 0.0154. The van der Waals surface area contributed by atoms with E-state index in [1.807, 2.05) is 54.0 Å². The summed E-state index contributed by atoms with van der Waals surface area (Å²) in [6.07, 6.45) is 0.364. The molecule has 0 atom stereocenters. The molecule has 0 aliphatic rings. The molecule has 1 amide bonds. The maximum atomic E-state index is 12.2. The lowest BCUT2D eigenvalue weighted by Crippen LogP contribution is -2.26. The molecule has 0 aliphatic heterocycles. The highest BCUT2D eigenvalue weighted by Gasteiger charge is 2.10. The van der Waals surface area contributed by atoms with E-state index in [4.69, 9.17) is 12.2 Å². The average Bonchev–Trinajstić information content (AvgIpc) is 3.05. The molecule has 27 heavy (non-hydrogen) atoms. The van der Waals surface area contributed by atoms with Crippen LogP contribution in [0.5, 0.6) is 0 Å². The summed E-state index contributed by atoms with van der Waals surface area (Å²) in [5, 5.41) is 10.1. The van der Waals surface area contributed by atoms with Crippen molar-refractivity contribution >= 4 is 29.9 Å². The Bertz CT molecular complexity index is 933. The second-order valence-electron chi connectivity index (χ2n) is 6.13. The number of aromatic amines is 1. The van der Waals surface area contributed by atoms with Gasteiger partial charge in [-0.2, -0.15) is 5.10 Å². The molecule has 2 aromatic carbocycles. The molecule has 0 spiro atoms. The van der Waals surface area contributed by atoms with Gasteiger partial charge in [0.25, 0.3) is 0 Å². The first-order valence-electron chi connectivity index (χ1n) is 8.80. The van der Waals surface area contributed by atoms with Crippen molar-refractivity contribution < 1.29 is 4.79 Å². The summed E-state index contributed by atoms with van der Waals surface area (Å²) in [5.74, 6) is 1.62. The third kappa shape index (κ3) is 5.55. The van der Waals surface area contributed by atoms with Gasteiger partial charge in [-0.15, -0.1) is 11.8 Å². The summed E-state index contributed by atoms with van der Waals surface area (Å²) >= 11 is 7.05. The van der Waals surface area contributed by atoms with E-state index in [-0.39, 0.29) is 5.91 Å². The van der Waals surface area contributed by atoms with Gasteiger partial charge < -0.3 is 5.32 Å². The van der Waals surface area contributed by atoms with Gasteiger partial charge >= 0.3 is 0 Å². The van der Waals surface area contributed by atoms with Crippen LogP contribution in [-0.2, 0) is 11.3 Å². The fourth-order valence-electron chi connectivity index (χ4n) is 2.63. The number of carbonyl (C=O) groups excluding carboxylic acids is 1. The fraction of sp³-hybridized carbons (Fsp3) is 0.250. The molecule has 0 unspecified atom stereocenters. The molecule has 0 aliphatic carbocycles. The Morgan fingerprint density at radius 3 is 2.67 bits per heavy atom. The number of benzene rings is 2. The number of amides is 1. The van der Waals surface area contributed by atoms with Gasteiger partial charge in [0.1, 0.15) is 0 Å². The molecular formula is C20H22N4OS2. The molecule has 3 aromatic rings. The number of aryl methyl sites for hydroxylation is 1. The Labute approximate surface area is 168 Å². The second kappa shape index (κ2) is 9.53. The third-order valence-corrected chi connectivity index (χ3v) is 5.39. The van der Waals surface area contributed by atoms with Gasteiger partial charge in [-0.05, 0) is 31.3 Å². The number of aromatic nitrogens is 3. The lowest BCUT2D eigenvalue weighted by Gasteiger charge is -2.08. The van der Waals surface area contributed by atoms with Crippen LogP contribution in [-0.4, -0.2) is 33.0 Å². The average molecular weight is 399 g/mol. The predicted octanol–water partition coefficient (Wildman–Crippen LogP) is 4.21. The molecule has 1 aromatic heterocycles. The van der Waals surface area contributed by atoms with E-state index in [1.165, 1.54) is 10.5 Å². The first-order chi connectivity index (χ1) is 13.1. The monoisotopic (exact) mass is 398 g/mol. The topological polar surface area (TPSA) is 62.7 Å². The molecule has 5 nitrogen and oxygen atoms in total. The van der Waals surface area contributed by atoms with Crippen molar-refractivity contribution in [3.63, 3.8) is 0 Å². The summed E-state index contributed by atoms with van der Waals surface area (Å²) in [6, 6.07) is 18.3.